The highest BCUT2D eigenvalue weighted by Gasteiger charge is 2.50. The molecule has 3 fully saturated rings. The lowest BCUT2D eigenvalue weighted by atomic mass is 9.98. The number of aromatic hydroxyl groups is 3. The van der Waals surface area contributed by atoms with Gasteiger partial charge < -0.3 is 98.9 Å². The van der Waals surface area contributed by atoms with E-state index in [1.54, 1.807) is 0 Å². The van der Waals surface area contributed by atoms with E-state index in [1.165, 1.54) is 61.5 Å². The van der Waals surface area contributed by atoms with Crippen LogP contribution in [0.25, 0.3) is 28.4 Å². The fourth-order valence-corrected chi connectivity index (χ4v) is 7.20. The van der Waals surface area contributed by atoms with Crippen LogP contribution in [-0.2, 0) is 28.5 Å². The summed E-state index contributed by atoms with van der Waals surface area (Å²) < 4.78 is 45.7. The average Bonchev–Trinajstić information content (AvgIpc) is 3.27. The Kier molecular flexibility index (Phi) is 14.1. The van der Waals surface area contributed by atoms with E-state index in [9.17, 15) is 70.9 Å². The third-order valence-electron chi connectivity index (χ3n) is 10.8. The maximum absolute atomic E-state index is 14.3. The van der Waals surface area contributed by atoms with Gasteiger partial charge in [-0.25, -0.2) is 4.79 Å². The lowest BCUT2D eigenvalue weighted by Crippen LogP contribution is -2.62. The smallest absolute Gasteiger partial charge is 0.331 e. The Balaban J connectivity index is 1.21. The number of aliphatic hydroxyl groups is 9. The Bertz CT molecular complexity index is 2330. The molecule has 3 aliphatic rings. The van der Waals surface area contributed by atoms with Crippen molar-refractivity contribution < 1.29 is 104 Å². The summed E-state index contributed by atoms with van der Waals surface area (Å²) >= 11 is 0. The first-order valence-corrected chi connectivity index (χ1v) is 19.7. The molecular formula is C42H46O22. The normalized spacial score (nSPS) is 33.2. The van der Waals surface area contributed by atoms with Gasteiger partial charge in [-0.3, -0.25) is 4.79 Å². The van der Waals surface area contributed by atoms with E-state index in [4.69, 9.17) is 37.6 Å². The van der Waals surface area contributed by atoms with E-state index in [0.29, 0.717) is 5.56 Å². The Labute approximate surface area is 361 Å². The fourth-order valence-electron chi connectivity index (χ4n) is 7.20. The highest BCUT2D eigenvalue weighted by molar-refractivity contribution is 5.88. The van der Waals surface area contributed by atoms with Crippen molar-refractivity contribution in [3.63, 3.8) is 0 Å². The molecule has 0 spiro atoms. The maximum atomic E-state index is 14.3. The van der Waals surface area contributed by atoms with Crippen LogP contribution in [0, 0.1) is 0 Å². The number of rotatable bonds is 12. The summed E-state index contributed by atoms with van der Waals surface area (Å²) in [5.74, 6) is -3.47. The van der Waals surface area contributed by atoms with Crippen molar-refractivity contribution >= 4 is 23.0 Å². The number of fused-ring (bicyclic) bond motifs is 1. The van der Waals surface area contributed by atoms with Crippen LogP contribution in [0.5, 0.6) is 28.7 Å². The minimum atomic E-state index is -2.12. The first kappa shape index (κ1) is 46.5. The minimum Gasteiger partial charge on any atom is -0.508 e. The van der Waals surface area contributed by atoms with Crippen LogP contribution in [0.2, 0.25) is 0 Å². The van der Waals surface area contributed by atoms with Crippen molar-refractivity contribution in [2.45, 2.75) is 99.0 Å². The van der Waals surface area contributed by atoms with Gasteiger partial charge in [0.25, 0.3) is 0 Å². The van der Waals surface area contributed by atoms with Crippen molar-refractivity contribution in [2.75, 3.05) is 13.2 Å². The number of ether oxygens (including phenoxy) is 7. The van der Waals surface area contributed by atoms with Gasteiger partial charge in [0.05, 0.1) is 19.3 Å². The summed E-state index contributed by atoms with van der Waals surface area (Å²) in [6, 6.07) is 12.8. The summed E-state index contributed by atoms with van der Waals surface area (Å²) in [4.78, 5) is 27.4. The Morgan fingerprint density at radius 2 is 1.28 bits per heavy atom. The number of carbonyl (C=O) groups excluding carboxylic acids is 1. The van der Waals surface area contributed by atoms with E-state index in [0.717, 1.165) is 18.2 Å². The molecule has 3 aliphatic heterocycles. The molecule has 15 atom stereocenters. The average molecular weight is 903 g/mol. The monoisotopic (exact) mass is 902 g/mol. The first-order valence-electron chi connectivity index (χ1n) is 19.7. The van der Waals surface area contributed by atoms with Gasteiger partial charge in [-0.05, 0) is 55.0 Å². The maximum Gasteiger partial charge on any atom is 0.331 e. The lowest BCUT2D eigenvalue weighted by Gasteiger charge is -2.43. The first-order chi connectivity index (χ1) is 30.4. The van der Waals surface area contributed by atoms with Crippen LogP contribution in [-0.4, -0.2) is 173 Å². The third-order valence-corrected chi connectivity index (χ3v) is 10.8. The molecule has 1 aromatic heterocycles. The highest BCUT2D eigenvalue weighted by Crippen LogP contribution is 2.39. The summed E-state index contributed by atoms with van der Waals surface area (Å²) in [6.07, 6.45) is -23.2. The van der Waals surface area contributed by atoms with Crippen LogP contribution in [0.1, 0.15) is 12.5 Å². The molecule has 3 aromatic carbocycles. The van der Waals surface area contributed by atoms with Gasteiger partial charge in [0.1, 0.15) is 95.0 Å². The number of phenolic OH excluding ortho intramolecular Hbond substituents is 3. The number of benzene rings is 3. The Hall–Kier alpha value is -5.44. The van der Waals surface area contributed by atoms with Crippen molar-refractivity contribution in [1.82, 2.24) is 0 Å². The fraction of sp³-hybridized carbons (Fsp3) is 0.429. The molecule has 0 saturated carbocycles. The molecule has 0 bridgehead atoms. The molecule has 346 valence electrons. The molecule has 64 heavy (non-hydrogen) atoms. The number of phenols is 3. The van der Waals surface area contributed by atoms with Crippen LogP contribution in [0.3, 0.4) is 0 Å². The lowest BCUT2D eigenvalue weighted by molar-refractivity contribution is -0.319. The molecule has 22 nitrogen and oxygen atoms in total. The van der Waals surface area contributed by atoms with Crippen LogP contribution >= 0.6 is 0 Å². The second-order valence-electron chi connectivity index (χ2n) is 15.3. The Morgan fingerprint density at radius 1 is 0.688 bits per heavy atom. The SMILES string of the molecule is C[C@@H]1O[C@@H](OC[C@@H]2O[C@@H](Oc3c(-c4ccc(O)cc4)oc4cc(O[C@H]5O[C@@H](CO)[C@H](O)[C@H](O)[C@@H]5O)cc(O)c4c3=O)[C@@H](O)[C@H](O)[C@H]2OC(=O)C=Cc2ccc(O)cc2)[C@H](O)[C@@H](O)[C@H]1O. The number of carbonyl (C=O) groups is 1. The molecule has 12 N–H and O–H groups in total. The van der Waals surface area contributed by atoms with Gasteiger partial charge in [0, 0.05) is 23.8 Å². The topological polar surface area (TPSA) is 355 Å². The highest BCUT2D eigenvalue weighted by atomic mass is 16.7. The molecule has 7 rings (SSSR count). The van der Waals surface area contributed by atoms with E-state index < -0.39 is 139 Å². The van der Waals surface area contributed by atoms with Crippen LogP contribution in [0.15, 0.2) is 76.0 Å². The summed E-state index contributed by atoms with van der Waals surface area (Å²) in [6.45, 7) is -0.0756. The minimum absolute atomic E-state index is 0.0263. The molecule has 3 saturated heterocycles. The summed E-state index contributed by atoms with van der Waals surface area (Å²) in [5.41, 5.74) is -0.907. The molecular weight excluding hydrogens is 856 g/mol. The number of esters is 1. The van der Waals surface area contributed by atoms with Gasteiger partial charge >= 0.3 is 5.97 Å². The molecule has 0 aliphatic carbocycles. The zero-order chi connectivity index (χ0) is 46.1. The predicted octanol–water partition coefficient (Wildman–Crippen LogP) is -1.95. The molecule has 0 amide bonds. The molecule has 4 aromatic rings. The van der Waals surface area contributed by atoms with E-state index in [2.05, 4.69) is 0 Å². The second-order valence-corrected chi connectivity index (χ2v) is 15.3. The van der Waals surface area contributed by atoms with Crippen molar-refractivity contribution in [2.24, 2.45) is 0 Å². The quantitative estimate of drug-likeness (QED) is 0.0543. The largest absolute Gasteiger partial charge is 0.508 e. The standard InChI is InChI=1S/C42H46O22/c1-16-28(48)31(51)34(54)40(58-16)57-15-25-38(63-26(47)11-4-17-2-7-19(44)8-3-17)33(53)36(56)42(62-25)64-39-30(50)27-22(46)12-21(59-41-35(55)32(52)29(49)24(14-43)61-41)13-23(27)60-37(39)18-5-9-20(45)10-6-18/h2-13,16,24-25,28-29,31-36,38,40-46,48-49,51-56H,14-15H2,1H3/t16-,24-,25-,28-,29-,31-,32-,33-,34+,35-,36-,38-,40+,41-,42-/m0/s1. The van der Waals surface area contributed by atoms with Gasteiger partial charge in [-0.15, -0.1) is 0 Å². The van der Waals surface area contributed by atoms with Crippen LogP contribution < -0.4 is 14.9 Å². The molecule has 4 heterocycles. The molecule has 22 heteroatoms. The molecule has 0 radical (unpaired) electrons. The zero-order valence-corrected chi connectivity index (χ0v) is 33.5. The number of hydrogen-bond donors (Lipinski definition) is 12. The number of aliphatic hydroxyl groups excluding tert-OH is 9. The zero-order valence-electron chi connectivity index (χ0n) is 33.5. The molecule has 0 unspecified atom stereocenters. The van der Waals surface area contributed by atoms with E-state index in [1.807, 2.05) is 0 Å². The van der Waals surface area contributed by atoms with E-state index >= 15 is 0 Å². The predicted molar refractivity (Wildman–Crippen MR) is 212 cm³/mol. The summed E-state index contributed by atoms with van der Waals surface area (Å²) in [7, 11) is 0. The van der Waals surface area contributed by atoms with Gasteiger partial charge in [-0.2, -0.15) is 0 Å². The summed E-state index contributed by atoms with van der Waals surface area (Å²) in [5, 5.41) is 125. The third kappa shape index (κ3) is 9.64. The van der Waals surface area contributed by atoms with Gasteiger partial charge in [0.15, 0.2) is 18.2 Å². The van der Waals surface area contributed by atoms with Gasteiger partial charge in [0.2, 0.25) is 23.8 Å². The van der Waals surface area contributed by atoms with Crippen molar-refractivity contribution in [3.05, 3.63) is 82.5 Å². The van der Waals surface area contributed by atoms with E-state index in [-0.39, 0.29) is 28.4 Å². The second kappa shape index (κ2) is 19.3. The van der Waals surface area contributed by atoms with Crippen LogP contribution in [0.4, 0.5) is 0 Å². The van der Waals surface area contributed by atoms with Crippen molar-refractivity contribution in [3.8, 4) is 40.1 Å². The number of hydrogen-bond acceptors (Lipinski definition) is 22. The van der Waals surface area contributed by atoms with Crippen molar-refractivity contribution in [1.29, 1.82) is 0 Å². The van der Waals surface area contributed by atoms with Gasteiger partial charge in [-0.1, -0.05) is 12.1 Å². The Morgan fingerprint density at radius 3 is 1.95 bits per heavy atom.